The third-order valence-corrected chi connectivity index (χ3v) is 8.43. The van der Waals surface area contributed by atoms with Crippen molar-refractivity contribution in [2.75, 3.05) is 0 Å². The molecule has 1 aliphatic rings. The van der Waals surface area contributed by atoms with E-state index >= 15 is 0 Å². The van der Waals surface area contributed by atoms with Crippen molar-refractivity contribution in [3.63, 3.8) is 0 Å². The molecular formula is C38H22O. The number of hydrogen-bond acceptors (Lipinski definition) is 1. The van der Waals surface area contributed by atoms with Crippen molar-refractivity contribution in [3.05, 3.63) is 133 Å². The van der Waals surface area contributed by atoms with E-state index in [9.17, 15) is 0 Å². The Hall–Kier alpha value is -5.14. The molecule has 0 saturated carbocycles. The minimum atomic E-state index is 0.916. The summed E-state index contributed by atoms with van der Waals surface area (Å²) in [7, 11) is 0. The zero-order valence-electron chi connectivity index (χ0n) is 21.1. The van der Waals surface area contributed by atoms with E-state index in [0.717, 1.165) is 16.6 Å². The van der Waals surface area contributed by atoms with E-state index < -0.39 is 0 Å². The van der Waals surface area contributed by atoms with E-state index in [-0.39, 0.29) is 0 Å². The first-order valence-corrected chi connectivity index (χ1v) is 13.4. The monoisotopic (exact) mass is 494 g/mol. The molecule has 0 bridgehead atoms. The third kappa shape index (κ3) is 2.85. The van der Waals surface area contributed by atoms with E-state index in [1.54, 1.807) is 0 Å². The Labute approximate surface area is 225 Å². The van der Waals surface area contributed by atoms with E-state index in [4.69, 9.17) is 4.42 Å². The molecule has 1 aromatic heterocycles. The van der Waals surface area contributed by atoms with Crippen molar-refractivity contribution in [3.8, 4) is 44.5 Å². The summed E-state index contributed by atoms with van der Waals surface area (Å²) in [6, 6.07) is 48.3. The predicted molar refractivity (Wildman–Crippen MR) is 164 cm³/mol. The molecule has 0 fully saturated rings. The fourth-order valence-corrected chi connectivity index (χ4v) is 6.74. The molecule has 39 heavy (non-hydrogen) atoms. The Morgan fingerprint density at radius 3 is 1.85 bits per heavy atom. The second-order valence-corrected chi connectivity index (χ2v) is 10.5. The summed E-state index contributed by atoms with van der Waals surface area (Å²) in [4.78, 5) is 0. The summed E-state index contributed by atoms with van der Waals surface area (Å²) < 4.78 is 6.42. The average Bonchev–Trinajstić information content (AvgIpc) is 3.54. The van der Waals surface area contributed by atoms with Gasteiger partial charge in [-0.2, -0.15) is 0 Å². The van der Waals surface area contributed by atoms with Gasteiger partial charge in [-0.1, -0.05) is 115 Å². The lowest BCUT2D eigenvalue weighted by molar-refractivity contribution is 0.669. The third-order valence-electron chi connectivity index (χ3n) is 8.43. The van der Waals surface area contributed by atoms with Crippen LogP contribution in [0.4, 0.5) is 0 Å². The highest BCUT2D eigenvalue weighted by molar-refractivity contribution is 6.22. The molecule has 1 nitrogen and oxygen atoms in total. The highest BCUT2D eigenvalue weighted by atomic mass is 16.3. The maximum Gasteiger partial charge on any atom is 0.136 e. The van der Waals surface area contributed by atoms with Crippen LogP contribution in [0.15, 0.2) is 138 Å². The summed E-state index contributed by atoms with van der Waals surface area (Å²) >= 11 is 0. The number of fused-ring (bicyclic) bond motifs is 7. The summed E-state index contributed by atoms with van der Waals surface area (Å²) in [6.45, 7) is 0. The SMILES string of the molecule is c1ccc2c(c1)-c1cccc3c(-c4cccc5oc6ccc(-c7cccc8ccccc78)cc6c45)ccc-2c13. The Bertz CT molecular complexity index is 2250. The average molecular weight is 495 g/mol. The van der Waals surface area contributed by atoms with Crippen LogP contribution in [0.5, 0.6) is 0 Å². The van der Waals surface area contributed by atoms with Gasteiger partial charge in [-0.15, -0.1) is 0 Å². The van der Waals surface area contributed by atoms with Gasteiger partial charge in [0.2, 0.25) is 0 Å². The van der Waals surface area contributed by atoms with E-state index in [1.165, 1.54) is 71.4 Å². The highest BCUT2D eigenvalue weighted by Gasteiger charge is 2.23. The smallest absolute Gasteiger partial charge is 0.136 e. The molecule has 0 amide bonds. The largest absolute Gasteiger partial charge is 0.456 e. The molecule has 180 valence electrons. The maximum absolute atomic E-state index is 6.42. The fourth-order valence-electron chi connectivity index (χ4n) is 6.74. The summed E-state index contributed by atoms with van der Waals surface area (Å²) in [6.07, 6.45) is 0. The van der Waals surface area contributed by atoms with Gasteiger partial charge in [0.05, 0.1) is 0 Å². The summed E-state index contributed by atoms with van der Waals surface area (Å²) in [5, 5.41) is 7.47. The van der Waals surface area contributed by atoms with E-state index in [1.807, 2.05) is 0 Å². The van der Waals surface area contributed by atoms with Gasteiger partial charge in [0.1, 0.15) is 11.2 Å². The van der Waals surface area contributed by atoms with Gasteiger partial charge < -0.3 is 4.42 Å². The zero-order valence-corrected chi connectivity index (χ0v) is 21.1. The van der Waals surface area contributed by atoms with Crippen molar-refractivity contribution in [1.82, 2.24) is 0 Å². The minimum Gasteiger partial charge on any atom is -0.456 e. The second kappa shape index (κ2) is 7.69. The van der Waals surface area contributed by atoms with Crippen LogP contribution in [0.3, 0.4) is 0 Å². The van der Waals surface area contributed by atoms with Gasteiger partial charge in [-0.05, 0) is 84.3 Å². The van der Waals surface area contributed by atoms with Gasteiger partial charge in [0.15, 0.2) is 0 Å². The molecule has 0 radical (unpaired) electrons. The van der Waals surface area contributed by atoms with Crippen molar-refractivity contribution < 1.29 is 4.42 Å². The molecule has 0 aliphatic heterocycles. The van der Waals surface area contributed by atoms with E-state index in [0.29, 0.717) is 0 Å². The molecule has 8 aromatic rings. The maximum atomic E-state index is 6.42. The molecular weight excluding hydrogens is 472 g/mol. The molecule has 0 N–H and O–H groups in total. The standard InChI is InChI=1S/C38H22O/c1-2-10-25-23(8-1)9-5-13-26(25)24-18-21-35-34(22-24)38-32(16-7-17-36(38)39-35)29-19-20-33-28-12-4-3-11-27(28)30-14-6-15-31(29)37(30)33/h1-22H. The van der Waals surface area contributed by atoms with Crippen LogP contribution < -0.4 is 0 Å². The first-order valence-electron chi connectivity index (χ1n) is 13.4. The van der Waals surface area contributed by atoms with Crippen LogP contribution in [0.2, 0.25) is 0 Å². The molecule has 1 heterocycles. The topological polar surface area (TPSA) is 13.1 Å². The Morgan fingerprint density at radius 2 is 0.949 bits per heavy atom. The Kier molecular flexibility index (Phi) is 4.11. The summed E-state index contributed by atoms with van der Waals surface area (Å²) in [5.41, 5.74) is 12.0. The van der Waals surface area contributed by atoms with Crippen LogP contribution in [0, 0.1) is 0 Å². The molecule has 1 heteroatoms. The number of rotatable bonds is 2. The van der Waals surface area contributed by atoms with Gasteiger partial charge >= 0.3 is 0 Å². The second-order valence-electron chi connectivity index (χ2n) is 10.5. The summed E-state index contributed by atoms with van der Waals surface area (Å²) in [5.74, 6) is 0. The number of benzene rings is 7. The predicted octanol–water partition coefficient (Wildman–Crippen LogP) is 10.9. The fraction of sp³-hybridized carbons (Fsp3) is 0. The van der Waals surface area contributed by atoms with Crippen molar-refractivity contribution in [2.24, 2.45) is 0 Å². The molecule has 9 rings (SSSR count). The normalized spacial score (nSPS) is 12.1. The first-order chi connectivity index (χ1) is 19.3. The molecule has 7 aromatic carbocycles. The van der Waals surface area contributed by atoms with Gasteiger partial charge in [0, 0.05) is 10.8 Å². The molecule has 0 spiro atoms. The Balaban J connectivity index is 1.33. The van der Waals surface area contributed by atoms with Crippen LogP contribution >= 0.6 is 0 Å². The Morgan fingerprint density at radius 1 is 0.333 bits per heavy atom. The minimum absolute atomic E-state index is 0.916. The number of furan rings is 1. The van der Waals surface area contributed by atoms with Gasteiger partial charge in [-0.3, -0.25) is 0 Å². The molecule has 0 unspecified atom stereocenters. The van der Waals surface area contributed by atoms with Crippen molar-refractivity contribution in [1.29, 1.82) is 0 Å². The lowest BCUT2D eigenvalue weighted by Crippen LogP contribution is -1.85. The van der Waals surface area contributed by atoms with Crippen molar-refractivity contribution >= 4 is 43.5 Å². The molecule has 1 aliphatic carbocycles. The quantitative estimate of drug-likeness (QED) is 0.233. The number of hydrogen-bond donors (Lipinski definition) is 0. The van der Waals surface area contributed by atoms with Crippen LogP contribution in [-0.2, 0) is 0 Å². The van der Waals surface area contributed by atoms with E-state index in [2.05, 4.69) is 133 Å². The van der Waals surface area contributed by atoms with Crippen LogP contribution in [-0.4, -0.2) is 0 Å². The van der Waals surface area contributed by atoms with Gasteiger partial charge in [-0.25, -0.2) is 0 Å². The lowest BCUT2D eigenvalue weighted by Gasteiger charge is -2.11. The highest BCUT2D eigenvalue weighted by Crippen LogP contribution is 2.50. The lowest BCUT2D eigenvalue weighted by atomic mass is 9.91. The molecule has 0 saturated heterocycles. The first kappa shape index (κ1) is 20.9. The van der Waals surface area contributed by atoms with Crippen LogP contribution in [0.1, 0.15) is 0 Å². The molecule has 0 atom stereocenters. The van der Waals surface area contributed by atoms with Crippen LogP contribution in [0.25, 0.3) is 88.0 Å². The van der Waals surface area contributed by atoms with Crippen molar-refractivity contribution in [2.45, 2.75) is 0 Å². The zero-order chi connectivity index (χ0) is 25.5. The van der Waals surface area contributed by atoms with Gasteiger partial charge in [0.25, 0.3) is 0 Å².